The minimum absolute atomic E-state index is 0.144. The zero-order valence-corrected chi connectivity index (χ0v) is 12.5. The van der Waals surface area contributed by atoms with Gasteiger partial charge in [-0.25, -0.2) is 0 Å². The average molecular weight is 299 g/mol. The molecule has 1 aliphatic heterocycles. The molecule has 0 spiro atoms. The predicted octanol–water partition coefficient (Wildman–Crippen LogP) is 1.72. The number of hydrogen-bond acceptors (Lipinski definition) is 4. The fourth-order valence-electron chi connectivity index (χ4n) is 2.53. The maximum absolute atomic E-state index is 10.6. The first-order valence-corrected chi connectivity index (χ1v) is 8.42. The quantitative estimate of drug-likeness (QED) is 0.640. The molecule has 1 heterocycles. The minimum atomic E-state index is -3.82. The molecular weight excluding hydrogens is 278 g/mol. The summed E-state index contributed by atoms with van der Waals surface area (Å²) in [6.07, 6.45) is 2.28. The van der Waals surface area contributed by atoms with E-state index < -0.39 is 10.1 Å². The lowest BCUT2D eigenvalue weighted by atomic mass is 9.99. The second-order valence-electron chi connectivity index (χ2n) is 5.15. The largest absolute Gasteiger partial charge is 0.497 e. The molecule has 0 bridgehead atoms. The van der Waals surface area contributed by atoms with Gasteiger partial charge < -0.3 is 4.74 Å². The van der Waals surface area contributed by atoms with Crippen LogP contribution in [0.5, 0.6) is 5.75 Å². The summed E-state index contributed by atoms with van der Waals surface area (Å²) in [4.78, 5) is 2.32. The van der Waals surface area contributed by atoms with Gasteiger partial charge in [-0.15, -0.1) is 0 Å². The summed E-state index contributed by atoms with van der Waals surface area (Å²) in [5.41, 5.74) is 2.64. The Labute approximate surface area is 120 Å². The molecule has 0 amide bonds. The summed E-state index contributed by atoms with van der Waals surface area (Å²) >= 11 is 0. The zero-order valence-electron chi connectivity index (χ0n) is 11.7. The summed E-state index contributed by atoms with van der Waals surface area (Å²) in [5, 5.41) is 0. The van der Waals surface area contributed by atoms with Crippen LogP contribution in [0.25, 0.3) is 0 Å². The van der Waals surface area contributed by atoms with E-state index in [-0.39, 0.29) is 5.75 Å². The molecule has 1 aliphatic rings. The van der Waals surface area contributed by atoms with Crippen LogP contribution in [0.1, 0.15) is 24.0 Å². The molecular formula is C14H21NO4S. The van der Waals surface area contributed by atoms with Crippen molar-refractivity contribution in [2.75, 3.05) is 26.0 Å². The van der Waals surface area contributed by atoms with E-state index in [1.54, 1.807) is 7.11 Å². The molecule has 1 N–H and O–H groups in total. The van der Waals surface area contributed by atoms with E-state index >= 15 is 0 Å². The molecule has 1 aromatic carbocycles. The Morgan fingerprint density at radius 2 is 2.10 bits per heavy atom. The Morgan fingerprint density at radius 1 is 1.30 bits per heavy atom. The SMILES string of the molecule is COc1ccc2c(c1)CCN(CCCCS(=O)(=O)O)C2. The zero-order chi connectivity index (χ0) is 14.6. The summed E-state index contributed by atoms with van der Waals surface area (Å²) in [7, 11) is -2.14. The number of unbranched alkanes of at least 4 members (excludes halogenated alkanes) is 1. The highest BCUT2D eigenvalue weighted by molar-refractivity contribution is 7.85. The van der Waals surface area contributed by atoms with Gasteiger partial charge in [-0.2, -0.15) is 8.42 Å². The first kappa shape index (κ1) is 15.3. The minimum Gasteiger partial charge on any atom is -0.497 e. The van der Waals surface area contributed by atoms with Crippen molar-refractivity contribution >= 4 is 10.1 Å². The van der Waals surface area contributed by atoms with Gasteiger partial charge in [0.2, 0.25) is 0 Å². The molecule has 6 heteroatoms. The Kier molecular flexibility index (Phi) is 5.01. The van der Waals surface area contributed by atoms with Crippen LogP contribution in [0.15, 0.2) is 18.2 Å². The second-order valence-corrected chi connectivity index (χ2v) is 6.73. The van der Waals surface area contributed by atoms with Gasteiger partial charge in [0.25, 0.3) is 10.1 Å². The molecule has 0 atom stereocenters. The van der Waals surface area contributed by atoms with Crippen LogP contribution in [0.3, 0.4) is 0 Å². The Hall–Kier alpha value is -1.11. The highest BCUT2D eigenvalue weighted by atomic mass is 32.2. The highest BCUT2D eigenvalue weighted by Gasteiger charge is 2.16. The molecule has 0 radical (unpaired) electrons. The molecule has 20 heavy (non-hydrogen) atoms. The lowest BCUT2D eigenvalue weighted by molar-refractivity contribution is 0.250. The normalized spacial score (nSPS) is 15.9. The Bertz CT molecular complexity index is 556. The molecule has 0 unspecified atom stereocenters. The van der Waals surface area contributed by atoms with Crippen molar-refractivity contribution in [3.8, 4) is 5.75 Å². The van der Waals surface area contributed by atoms with Crippen LogP contribution in [0.4, 0.5) is 0 Å². The van der Waals surface area contributed by atoms with Gasteiger partial charge in [0, 0.05) is 13.1 Å². The van der Waals surface area contributed by atoms with Crippen molar-refractivity contribution in [3.63, 3.8) is 0 Å². The van der Waals surface area contributed by atoms with Crippen LogP contribution in [-0.2, 0) is 23.1 Å². The Morgan fingerprint density at radius 3 is 2.80 bits per heavy atom. The summed E-state index contributed by atoms with van der Waals surface area (Å²) in [5.74, 6) is 0.750. The van der Waals surface area contributed by atoms with Crippen molar-refractivity contribution in [3.05, 3.63) is 29.3 Å². The van der Waals surface area contributed by atoms with Crippen molar-refractivity contribution < 1.29 is 17.7 Å². The number of methoxy groups -OCH3 is 1. The maximum atomic E-state index is 10.6. The third kappa shape index (κ3) is 4.47. The fraction of sp³-hybridized carbons (Fsp3) is 0.571. The van der Waals surface area contributed by atoms with E-state index in [1.165, 1.54) is 11.1 Å². The van der Waals surface area contributed by atoms with E-state index in [1.807, 2.05) is 6.07 Å². The molecule has 2 rings (SSSR count). The number of benzene rings is 1. The molecule has 0 saturated carbocycles. The number of nitrogens with zero attached hydrogens (tertiary/aromatic N) is 1. The van der Waals surface area contributed by atoms with Crippen LogP contribution in [-0.4, -0.2) is 43.8 Å². The number of hydrogen-bond donors (Lipinski definition) is 1. The maximum Gasteiger partial charge on any atom is 0.264 e. The number of rotatable bonds is 6. The molecule has 1 aromatic rings. The monoisotopic (exact) mass is 299 g/mol. The first-order chi connectivity index (χ1) is 9.48. The van der Waals surface area contributed by atoms with E-state index in [9.17, 15) is 8.42 Å². The van der Waals surface area contributed by atoms with Crippen LogP contribution in [0.2, 0.25) is 0 Å². The van der Waals surface area contributed by atoms with E-state index in [0.717, 1.165) is 38.2 Å². The molecule has 0 aromatic heterocycles. The summed E-state index contributed by atoms with van der Waals surface area (Å²) < 4.78 is 35.2. The third-order valence-corrected chi connectivity index (χ3v) is 4.44. The predicted molar refractivity (Wildman–Crippen MR) is 77.6 cm³/mol. The topological polar surface area (TPSA) is 66.8 Å². The highest BCUT2D eigenvalue weighted by Crippen LogP contribution is 2.23. The van der Waals surface area contributed by atoms with E-state index in [2.05, 4.69) is 17.0 Å². The smallest absolute Gasteiger partial charge is 0.264 e. The van der Waals surface area contributed by atoms with Crippen molar-refractivity contribution in [1.29, 1.82) is 0 Å². The van der Waals surface area contributed by atoms with Crippen molar-refractivity contribution in [1.82, 2.24) is 4.90 Å². The summed E-state index contributed by atoms with van der Waals surface area (Å²) in [6, 6.07) is 6.16. The number of fused-ring (bicyclic) bond motifs is 1. The van der Waals surface area contributed by atoms with E-state index in [0.29, 0.717) is 6.42 Å². The van der Waals surface area contributed by atoms with E-state index in [4.69, 9.17) is 9.29 Å². The van der Waals surface area contributed by atoms with Gasteiger partial charge in [-0.1, -0.05) is 6.07 Å². The number of ether oxygens (including phenoxy) is 1. The molecule has 112 valence electrons. The van der Waals surface area contributed by atoms with Gasteiger partial charge in [-0.3, -0.25) is 9.45 Å². The summed E-state index contributed by atoms with van der Waals surface area (Å²) in [6.45, 7) is 2.73. The average Bonchev–Trinajstić information content (AvgIpc) is 2.42. The van der Waals surface area contributed by atoms with Crippen molar-refractivity contribution in [2.24, 2.45) is 0 Å². The molecule has 0 aliphatic carbocycles. The molecule has 0 saturated heterocycles. The van der Waals surface area contributed by atoms with Gasteiger partial charge in [0.1, 0.15) is 5.75 Å². The van der Waals surface area contributed by atoms with Gasteiger partial charge >= 0.3 is 0 Å². The molecule has 0 fully saturated rings. The third-order valence-electron chi connectivity index (χ3n) is 3.63. The molecule has 5 nitrogen and oxygen atoms in total. The second kappa shape index (κ2) is 6.56. The van der Waals surface area contributed by atoms with Gasteiger partial charge in [-0.05, 0) is 49.1 Å². The first-order valence-electron chi connectivity index (χ1n) is 6.81. The Balaban J connectivity index is 1.82. The lowest BCUT2D eigenvalue weighted by Crippen LogP contribution is -2.31. The van der Waals surface area contributed by atoms with Crippen LogP contribution < -0.4 is 4.74 Å². The lowest BCUT2D eigenvalue weighted by Gasteiger charge is -2.28. The fourth-order valence-corrected chi connectivity index (χ4v) is 3.09. The standard InChI is InChI=1S/C14H21NO4S/c1-19-14-5-4-13-11-15(8-6-12(13)10-14)7-2-3-9-20(16,17)18/h4-5,10H,2-3,6-9,11H2,1H3,(H,16,17,18). The van der Waals surface area contributed by atoms with Gasteiger partial charge in [0.15, 0.2) is 0 Å². The van der Waals surface area contributed by atoms with Crippen molar-refractivity contribution in [2.45, 2.75) is 25.8 Å². The van der Waals surface area contributed by atoms with Gasteiger partial charge in [0.05, 0.1) is 12.9 Å². The van der Waals surface area contributed by atoms with Crippen LogP contribution >= 0.6 is 0 Å². The van der Waals surface area contributed by atoms with Crippen LogP contribution in [0, 0.1) is 0 Å².